The second-order valence-corrected chi connectivity index (χ2v) is 26.5. The number of hydrogen-bond acceptors (Lipinski definition) is 7. The van der Waals surface area contributed by atoms with Gasteiger partial charge in [-0.2, -0.15) is 0 Å². The first-order valence-corrected chi connectivity index (χ1v) is 35.7. The smallest absolute Gasteiger partial charge is 0.164 e. The van der Waals surface area contributed by atoms with Gasteiger partial charge in [-0.15, -0.1) is 0 Å². The number of benzene rings is 16. The number of fused-ring (bicyclic) bond motifs is 10. The fourth-order valence-corrected chi connectivity index (χ4v) is 14.8. The number of furan rings is 2. The van der Waals surface area contributed by atoms with Gasteiger partial charge in [0, 0.05) is 65.7 Å². The second-order valence-electron chi connectivity index (χ2n) is 26.5. The minimum absolute atomic E-state index is 0.642. The first-order chi connectivity index (χ1) is 52.5. The van der Waals surface area contributed by atoms with Gasteiger partial charge in [-0.05, 0) is 108 Å². The predicted molar refractivity (Wildman–Crippen MR) is 437 cm³/mol. The van der Waals surface area contributed by atoms with Gasteiger partial charge >= 0.3 is 0 Å². The van der Waals surface area contributed by atoms with Crippen molar-refractivity contribution in [2.45, 2.75) is 0 Å². The molecule has 496 valence electrons. The maximum Gasteiger partial charge on any atom is 0.164 e. The zero-order valence-electron chi connectivity index (χ0n) is 57.4. The van der Waals surface area contributed by atoms with Gasteiger partial charge in [0.05, 0.1) is 11.4 Å². The molecule has 0 N–H and O–H groups in total. The number of rotatable bonds is 12. The van der Waals surface area contributed by atoms with Gasteiger partial charge in [-0.25, -0.2) is 24.9 Å². The van der Waals surface area contributed by atoms with Crippen molar-refractivity contribution in [2.75, 3.05) is 0 Å². The summed E-state index contributed by atoms with van der Waals surface area (Å²) in [7, 11) is 0. The molecule has 0 bridgehead atoms. The lowest BCUT2D eigenvalue weighted by atomic mass is 9.93. The minimum Gasteiger partial charge on any atom is -0.455 e. The highest BCUT2D eigenvalue weighted by molar-refractivity contribution is 6.23. The molecule has 4 heterocycles. The molecule has 7 nitrogen and oxygen atoms in total. The number of hydrogen-bond donors (Lipinski definition) is 0. The average Bonchev–Trinajstić information content (AvgIpc) is 1.57. The molecular weight excluding hydrogens is 1290 g/mol. The Morgan fingerprint density at radius 1 is 0.160 bits per heavy atom. The highest BCUT2D eigenvalue weighted by Crippen LogP contribution is 2.46. The molecule has 16 aromatic carbocycles. The van der Waals surface area contributed by atoms with Crippen LogP contribution in [0.15, 0.2) is 391 Å². The van der Waals surface area contributed by atoms with Crippen LogP contribution >= 0.6 is 0 Å². The topological polar surface area (TPSA) is 90.7 Å². The molecular formula is C99H63N5O2. The summed E-state index contributed by atoms with van der Waals surface area (Å²) in [5.74, 6) is 2.66. The summed E-state index contributed by atoms with van der Waals surface area (Å²) in [6, 6.07) is 133. The van der Waals surface area contributed by atoms with Crippen molar-refractivity contribution in [3.63, 3.8) is 0 Å². The molecule has 7 heteroatoms. The zero-order valence-corrected chi connectivity index (χ0v) is 57.4. The molecule has 0 atom stereocenters. The van der Waals surface area contributed by atoms with E-state index in [2.05, 4.69) is 285 Å². The molecule has 0 saturated carbocycles. The first-order valence-electron chi connectivity index (χ1n) is 35.7. The van der Waals surface area contributed by atoms with Crippen LogP contribution in [0.4, 0.5) is 0 Å². The summed E-state index contributed by atoms with van der Waals surface area (Å²) in [4.78, 5) is 24.6. The normalized spacial score (nSPS) is 11.4. The number of aromatic nitrogens is 5. The number of nitrogens with zero attached hydrogens (tertiary/aromatic N) is 5. The molecule has 0 unspecified atom stereocenters. The lowest BCUT2D eigenvalue weighted by molar-refractivity contribution is 0.672. The van der Waals surface area contributed by atoms with Gasteiger partial charge in [0.1, 0.15) is 22.3 Å². The van der Waals surface area contributed by atoms with E-state index in [1.165, 1.54) is 33.0 Å². The first kappa shape index (κ1) is 62.7. The minimum atomic E-state index is 0.642. The van der Waals surface area contributed by atoms with Crippen LogP contribution in [0.5, 0.6) is 0 Å². The monoisotopic (exact) mass is 1350 g/mol. The highest BCUT2D eigenvalue weighted by Gasteiger charge is 2.22. The SMILES string of the molecule is c1ccc(-c2cc(-c3ccc(-c4ccc(-c5cccc6oc7c8ccccc8c(-c8ccccc8)cc7c56)cc4)cc3)nc(-c3ccccc3)n2)cc1.c1ccc(-c2nc(-c3ccccc3)nc(-c3ccc(-c4ccc(-c5cccc6oc7c8ccccc8c(-c8ccccc8)cc7c56)cc4)cc3)n2)cc1. The maximum atomic E-state index is 6.62. The van der Waals surface area contributed by atoms with Crippen LogP contribution < -0.4 is 0 Å². The molecule has 20 rings (SSSR count). The van der Waals surface area contributed by atoms with Crippen LogP contribution in [0.3, 0.4) is 0 Å². The highest BCUT2D eigenvalue weighted by atomic mass is 16.3. The summed E-state index contributed by atoms with van der Waals surface area (Å²) >= 11 is 0. The Morgan fingerprint density at radius 2 is 0.415 bits per heavy atom. The standard InChI is InChI=1S/C50H32N2O.C49H31N3O/c1-4-13-35(14-5-1)43-31-44-48-40(21-12-22-47(48)53-49(44)42-20-11-10-19-41(42)43)36-27-23-33(24-28-36)34-25-29-38(30-26-34)46-32-45(37-15-6-2-7-16-37)51-50(52-46)39-17-8-3-9-18-39;1-4-13-34(14-5-1)42-31-43-45-39(21-12-22-44(45)53-46(43)41-20-11-10-19-40(41)42)35-27-23-32(24-28-35)33-25-29-38(30-26-33)49-51-47(36-15-6-2-7-16-36)50-48(52-49)37-17-8-3-9-18-37/h1-32H;1-31H. The average molecular weight is 1350 g/mol. The Morgan fingerprint density at radius 3 is 0.774 bits per heavy atom. The van der Waals surface area contributed by atoms with Crippen molar-refractivity contribution in [3.05, 3.63) is 382 Å². The van der Waals surface area contributed by atoms with Crippen molar-refractivity contribution < 1.29 is 8.83 Å². The largest absolute Gasteiger partial charge is 0.455 e. The van der Waals surface area contributed by atoms with Gasteiger partial charge in [0.15, 0.2) is 23.3 Å². The molecule has 20 aromatic rings. The van der Waals surface area contributed by atoms with Crippen LogP contribution in [0.2, 0.25) is 0 Å². The van der Waals surface area contributed by atoms with E-state index in [0.717, 1.165) is 144 Å². The van der Waals surface area contributed by atoms with Gasteiger partial charge in [0.25, 0.3) is 0 Å². The van der Waals surface area contributed by atoms with Crippen molar-refractivity contribution in [1.82, 2.24) is 24.9 Å². The van der Waals surface area contributed by atoms with E-state index in [-0.39, 0.29) is 0 Å². The van der Waals surface area contributed by atoms with Crippen molar-refractivity contribution in [1.29, 1.82) is 0 Å². The van der Waals surface area contributed by atoms with Gasteiger partial charge < -0.3 is 8.83 Å². The van der Waals surface area contributed by atoms with E-state index < -0.39 is 0 Å². The van der Waals surface area contributed by atoms with E-state index in [4.69, 9.17) is 33.8 Å². The van der Waals surface area contributed by atoms with E-state index in [1.807, 2.05) is 97.1 Å². The summed E-state index contributed by atoms with van der Waals surface area (Å²) in [6.07, 6.45) is 0. The lowest BCUT2D eigenvalue weighted by Crippen LogP contribution is -2.00. The molecule has 0 saturated heterocycles. The Hall–Kier alpha value is -14.3. The second kappa shape index (κ2) is 27.3. The van der Waals surface area contributed by atoms with E-state index in [0.29, 0.717) is 23.3 Å². The van der Waals surface area contributed by atoms with Crippen molar-refractivity contribution >= 4 is 65.4 Å². The third-order valence-electron chi connectivity index (χ3n) is 20.1. The molecule has 106 heavy (non-hydrogen) atoms. The molecule has 0 aliphatic carbocycles. The third-order valence-corrected chi connectivity index (χ3v) is 20.1. The van der Waals surface area contributed by atoms with Gasteiger partial charge in [-0.1, -0.05) is 352 Å². The van der Waals surface area contributed by atoms with Crippen LogP contribution in [-0.4, -0.2) is 24.9 Å². The van der Waals surface area contributed by atoms with Crippen molar-refractivity contribution in [3.8, 4) is 135 Å². The van der Waals surface area contributed by atoms with Crippen LogP contribution in [0.1, 0.15) is 0 Å². The Bertz CT molecular complexity index is 6090. The molecule has 0 aliphatic heterocycles. The molecule has 0 radical (unpaired) electrons. The third kappa shape index (κ3) is 11.9. The maximum absolute atomic E-state index is 6.62. The Labute approximate surface area is 612 Å². The van der Waals surface area contributed by atoms with Gasteiger partial charge in [-0.3, -0.25) is 0 Å². The van der Waals surface area contributed by atoms with Crippen LogP contribution in [-0.2, 0) is 0 Å². The van der Waals surface area contributed by atoms with Crippen LogP contribution in [0, 0.1) is 0 Å². The van der Waals surface area contributed by atoms with E-state index in [9.17, 15) is 0 Å². The van der Waals surface area contributed by atoms with Crippen LogP contribution in [0.25, 0.3) is 200 Å². The molecule has 0 amide bonds. The lowest BCUT2D eigenvalue weighted by Gasteiger charge is -2.11. The van der Waals surface area contributed by atoms with Gasteiger partial charge in [0.2, 0.25) is 0 Å². The summed E-state index contributed by atoms with van der Waals surface area (Å²) in [6.45, 7) is 0. The summed E-state index contributed by atoms with van der Waals surface area (Å²) < 4.78 is 13.2. The quantitative estimate of drug-likeness (QED) is 0.120. The Kier molecular flexibility index (Phi) is 16.1. The van der Waals surface area contributed by atoms with E-state index in [1.54, 1.807) is 0 Å². The zero-order chi connectivity index (χ0) is 70.3. The summed E-state index contributed by atoms with van der Waals surface area (Å²) in [5, 5.41) is 9.14. The molecule has 0 aliphatic rings. The van der Waals surface area contributed by atoms with Crippen molar-refractivity contribution in [2.24, 2.45) is 0 Å². The molecule has 0 fully saturated rings. The molecule has 4 aromatic heterocycles. The predicted octanol–water partition coefficient (Wildman–Crippen LogP) is 26.5. The summed E-state index contributed by atoms with van der Waals surface area (Å²) in [5.41, 5.74) is 25.3. The fraction of sp³-hybridized carbons (Fsp3) is 0. The fourth-order valence-electron chi connectivity index (χ4n) is 14.8. The molecule has 0 spiro atoms. The van der Waals surface area contributed by atoms with E-state index >= 15 is 0 Å². The Balaban J connectivity index is 0.000000145.